The number of aryl methyl sites for hydroxylation is 1. The molecule has 21 heavy (non-hydrogen) atoms. The molecule has 0 spiro atoms. The Labute approximate surface area is 125 Å². The van der Waals surface area contributed by atoms with Crippen LogP contribution >= 0.6 is 0 Å². The first kappa shape index (κ1) is 15.1. The predicted octanol–water partition coefficient (Wildman–Crippen LogP) is 2.21. The molecule has 0 bridgehead atoms. The third kappa shape index (κ3) is 4.34. The fourth-order valence-corrected chi connectivity index (χ4v) is 2.04. The van der Waals surface area contributed by atoms with E-state index in [1.54, 1.807) is 6.20 Å². The second-order valence-corrected chi connectivity index (χ2v) is 4.96. The second-order valence-electron chi connectivity index (χ2n) is 4.96. The van der Waals surface area contributed by atoms with E-state index in [9.17, 15) is 4.79 Å². The Morgan fingerprint density at radius 1 is 1.24 bits per heavy atom. The smallest absolute Gasteiger partial charge is 0.251 e. The summed E-state index contributed by atoms with van der Waals surface area (Å²) in [7, 11) is 1.95. The number of carbonyl (C=O) groups excluding carboxylic acids is 1. The maximum atomic E-state index is 12.0. The number of rotatable bonds is 7. The third-order valence-corrected chi connectivity index (χ3v) is 3.28. The normalized spacial score (nSPS) is 10.4. The summed E-state index contributed by atoms with van der Waals surface area (Å²) in [4.78, 5) is 16.3. The summed E-state index contributed by atoms with van der Waals surface area (Å²) in [6.07, 6.45) is 5.47. The molecule has 0 fully saturated rings. The van der Waals surface area contributed by atoms with Crippen molar-refractivity contribution in [3.63, 3.8) is 0 Å². The van der Waals surface area contributed by atoms with Crippen molar-refractivity contribution in [2.24, 2.45) is 7.05 Å². The van der Waals surface area contributed by atoms with Gasteiger partial charge in [0.2, 0.25) is 0 Å². The van der Waals surface area contributed by atoms with Crippen LogP contribution in [0.2, 0.25) is 0 Å². The van der Waals surface area contributed by atoms with Crippen molar-refractivity contribution in [2.45, 2.75) is 19.8 Å². The van der Waals surface area contributed by atoms with E-state index in [1.807, 2.05) is 42.1 Å². The van der Waals surface area contributed by atoms with E-state index >= 15 is 0 Å². The lowest BCUT2D eigenvalue weighted by Gasteiger charge is -2.07. The average Bonchev–Trinajstić information content (AvgIpc) is 2.91. The number of amides is 1. The highest BCUT2D eigenvalue weighted by Crippen LogP contribution is 2.09. The third-order valence-electron chi connectivity index (χ3n) is 3.28. The van der Waals surface area contributed by atoms with Gasteiger partial charge in [-0.15, -0.1) is 0 Å². The van der Waals surface area contributed by atoms with Gasteiger partial charge in [0, 0.05) is 50.2 Å². The Balaban J connectivity index is 1.81. The van der Waals surface area contributed by atoms with Gasteiger partial charge in [-0.1, -0.05) is 6.92 Å². The predicted molar refractivity (Wildman–Crippen MR) is 84.5 cm³/mol. The van der Waals surface area contributed by atoms with Gasteiger partial charge in [-0.2, -0.15) is 0 Å². The number of hydrogen-bond donors (Lipinski definition) is 2. The molecule has 5 heteroatoms. The van der Waals surface area contributed by atoms with Crippen molar-refractivity contribution in [3.8, 4) is 0 Å². The van der Waals surface area contributed by atoms with Gasteiger partial charge in [-0.05, 0) is 30.7 Å². The molecule has 0 aliphatic heterocycles. The largest absolute Gasteiger partial charge is 0.385 e. The first-order valence-electron chi connectivity index (χ1n) is 7.29. The zero-order chi connectivity index (χ0) is 15.1. The zero-order valence-corrected chi connectivity index (χ0v) is 12.6. The highest BCUT2D eigenvalue weighted by atomic mass is 16.1. The number of nitrogens with zero attached hydrogens (tertiary/aromatic N) is 2. The quantitative estimate of drug-likeness (QED) is 0.820. The molecule has 5 nitrogen and oxygen atoms in total. The summed E-state index contributed by atoms with van der Waals surface area (Å²) < 4.78 is 1.96. The van der Waals surface area contributed by atoms with Gasteiger partial charge >= 0.3 is 0 Å². The summed E-state index contributed by atoms with van der Waals surface area (Å²) >= 11 is 0. The molecule has 0 saturated carbocycles. The highest BCUT2D eigenvalue weighted by molar-refractivity contribution is 5.94. The van der Waals surface area contributed by atoms with Crippen LogP contribution < -0.4 is 10.6 Å². The Morgan fingerprint density at radius 3 is 2.62 bits per heavy atom. The van der Waals surface area contributed by atoms with Crippen LogP contribution in [-0.4, -0.2) is 28.5 Å². The second kappa shape index (κ2) is 7.47. The number of hydrogen-bond acceptors (Lipinski definition) is 3. The number of anilines is 1. The molecular formula is C16H22N4O. The van der Waals surface area contributed by atoms with E-state index < -0.39 is 0 Å². The van der Waals surface area contributed by atoms with Gasteiger partial charge in [-0.3, -0.25) is 4.79 Å². The number of nitrogens with one attached hydrogen (secondary N) is 2. The standard InChI is InChI=1S/C16H22N4O/c1-3-9-17-14-6-4-13(5-7-14)16(21)19-10-8-15-18-11-12-20(15)2/h4-7,11-12,17H,3,8-10H2,1-2H3,(H,19,21). The molecule has 2 aromatic rings. The van der Waals surface area contributed by atoms with Crippen molar-refractivity contribution in [2.75, 3.05) is 18.4 Å². The van der Waals surface area contributed by atoms with E-state index in [2.05, 4.69) is 22.5 Å². The molecule has 0 aliphatic rings. The van der Waals surface area contributed by atoms with Crippen LogP contribution in [0.25, 0.3) is 0 Å². The van der Waals surface area contributed by atoms with Crippen molar-refractivity contribution < 1.29 is 4.79 Å². The van der Waals surface area contributed by atoms with Crippen LogP contribution in [0.3, 0.4) is 0 Å². The SMILES string of the molecule is CCCNc1ccc(C(=O)NCCc2nccn2C)cc1. The van der Waals surface area contributed by atoms with E-state index in [1.165, 1.54) is 0 Å². The lowest BCUT2D eigenvalue weighted by molar-refractivity contribution is 0.0954. The molecular weight excluding hydrogens is 264 g/mol. The van der Waals surface area contributed by atoms with Gasteiger partial charge in [0.05, 0.1) is 0 Å². The molecule has 0 radical (unpaired) electrons. The maximum absolute atomic E-state index is 12.0. The molecule has 112 valence electrons. The first-order valence-corrected chi connectivity index (χ1v) is 7.29. The lowest BCUT2D eigenvalue weighted by atomic mass is 10.2. The first-order chi connectivity index (χ1) is 10.2. The average molecular weight is 286 g/mol. The van der Waals surface area contributed by atoms with Crippen molar-refractivity contribution in [3.05, 3.63) is 48.0 Å². The molecule has 1 aromatic heterocycles. The van der Waals surface area contributed by atoms with E-state index in [0.717, 1.165) is 30.9 Å². The number of aromatic nitrogens is 2. The summed E-state index contributed by atoms with van der Waals surface area (Å²) in [5.74, 6) is 0.917. The van der Waals surface area contributed by atoms with Gasteiger partial charge < -0.3 is 15.2 Å². The van der Waals surface area contributed by atoms with Gasteiger partial charge in [-0.25, -0.2) is 4.98 Å². The summed E-state index contributed by atoms with van der Waals surface area (Å²) in [5.41, 5.74) is 1.72. The fourth-order valence-electron chi connectivity index (χ4n) is 2.04. The van der Waals surface area contributed by atoms with Crippen LogP contribution in [0.1, 0.15) is 29.5 Å². The molecule has 1 amide bonds. The monoisotopic (exact) mass is 286 g/mol. The van der Waals surface area contributed by atoms with Gasteiger partial charge in [0.25, 0.3) is 5.91 Å². The van der Waals surface area contributed by atoms with Crippen LogP contribution in [-0.2, 0) is 13.5 Å². The lowest BCUT2D eigenvalue weighted by Crippen LogP contribution is -2.26. The Kier molecular flexibility index (Phi) is 5.37. The zero-order valence-electron chi connectivity index (χ0n) is 12.6. The van der Waals surface area contributed by atoms with Gasteiger partial charge in [0.15, 0.2) is 0 Å². The Hall–Kier alpha value is -2.30. The topological polar surface area (TPSA) is 59.0 Å². The summed E-state index contributed by atoms with van der Waals surface area (Å²) in [6, 6.07) is 7.55. The Bertz CT molecular complexity index is 574. The fraction of sp³-hybridized carbons (Fsp3) is 0.375. The van der Waals surface area contributed by atoms with E-state index in [0.29, 0.717) is 12.1 Å². The van der Waals surface area contributed by atoms with Crippen LogP contribution in [0.4, 0.5) is 5.69 Å². The molecule has 1 aromatic carbocycles. The molecule has 2 N–H and O–H groups in total. The molecule has 0 unspecified atom stereocenters. The molecule has 1 heterocycles. The minimum absolute atomic E-state index is 0.0498. The van der Waals surface area contributed by atoms with Gasteiger partial charge in [0.1, 0.15) is 5.82 Å². The summed E-state index contributed by atoms with van der Waals surface area (Å²) in [6.45, 7) is 3.64. The minimum atomic E-state index is -0.0498. The van der Waals surface area contributed by atoms with Crippen molar-refractivity contribution in [1.29, 1.82) is 0 Å². The van der Waals surface area contributed by atoms with Crippen LogP contribution in [0.15, 0.2) is 36.7 Å². The highest BCUT2D eigenvalue weighted by Gasteiger charge is 2.05. The van der Waals surface area contributed by atoms with Crippen molar-refractivity contribution >= 4 is 11.6 Å². The van der Waals surface area contributed by atoms with Crippen LogP contribution in [0, 0.1) is 0 Å². The number of carbonyl (C=O) groups is 1. The Morgan fingerprint density at radius 2 is 2.00 bits per heavy atom. The number of benzene rings is 1. The molecule has 0 saturated heterocycles. The molecule has 0 aliphatic carbocycles. The van der Waals surface area contributed by atoms with E-state index in [4.69, 9.17) is 0 Å². The molecule has 2 rings (SSSR count). The minimum Gasteiger partial charge on any atom is -0.385 e. The maximum Gasteiger partial charge on any atom is 0.251 e. The molecule has 0 atom stereocenters. The van der Waals surface area contributed by atoms with Crippen molar-refractivity contribution in [1.82, 2.24) is 14.9 Å². The number of imidazole rings is 1. The summed E-state index contributed by atoms with van der Waals surface area (Å²) in [5, 5.41) is 6.20. The van der Waals surface area contributed by atoms with Crippen LogP contribution in [0.5, 0.6) is 0 Å². The van der Waals surface area contributed by atoms with E-state index in [-0.39, 0.29) is 5.91 Å².